The van der Waals surface area contributed by atoms with Crippen LogP contribution in [0.25, 0.3) is 0 Å². The van der Waals surface area contributed by atoms with E-state index in [4.69, 9.17) is 4.42 Å². The second-order valence-electron chi connectivity index (χ2n) is 6.48. The van der Waals surface area contributed by atoms with Gasteiger partial charge < -0.3 is 19.5 Å². The summed E-state index contributed by atoms with van der Waals surface area (Å²) in [6, 6.07) is 3.48. The van der Waals surface area contributed by atoms with E-state index in [1.165, 1.54) is 5.56 Å². The first kappa shape index (κ1) is 16.1. The second kappa shape index (κ2) is 7.23. The van der Waals surface area contributed by atoms with Gasteiger partial charge in [-0.05, 0) is 31.5 Å². The van der Waals surface area contributed by atoms with Crippen molar-refractivity contribution in [3.8, 4) is 0 Å². The number of hydrogen-bond donors (Lipinski definition) is 1. The Bertz CT molecular complexity index is 731. The van der Waals surface area contributed by atoms with Gasteiger partial charge in [-0.1, -0.05) is 0 Å². The first-order valence-electron chi connectivity index (χ1n) is 8.94. The van der Waals surface area contributed by atoms with Gasteiger partial charge >= 0.3 is 0 Å². The Morgan fingerprint density at radius 3 is 2.92 bits per heavy atom. The fourth-order valence-corrected chi connectivity index (χ4v) is 3.62. The van der Waals surface area contributed by atoms with Crippen LogP contribution in [0, 0.1) is 0 Å². The summed E-state index contributed by atoms with van der Waals surface area (Å²) in [6.07, 6.45) is 6.04. The van der Waals surface area contributed by atoms with Crippen LogP contribution >= 0.6 is 0 Å². The first-order valence-corrected chi connectivity index (χ1v) is 8.94. The van der Waals surface area contributed by atoms with Gasteiger partial charge in [0, 0.05) is 44.7 Å². The molecule has 0 atom stereocenters. The van der Waals surface area contributed by atoms with Gasteiger partial charge in [-0.25, -0.2) is 9.97 Å². The Labute approximate surface area is 147 Å². The van der Waals surface area contributed by atoms with Gasteiger partial charge in [0.2, 0.25) is 0 Å². The molecule has 0 saturated carbocycles. The van der Waals surface area contributed by atoms with E-state index in [2.05, 4.69) is 20.2 Å². The molecule has 0 aromatic carbocycles. The number of amides is 1. The molecule has 0 bridgehead atoms. The number of nitrogens with zero attached hydrogens (tertiary/aromatic N) is 4. The molecule has 7 heteroatoms. The molecule has 2 aromatic heterocycles. The van der Waals surface area contributed by atoms with Crippen molar-refractivity contribution in [3.63, 3.8) is 0 Å². The molecule has 25 heavy (non-hydrogen) atoms. The summed E-state index contributed by atoms with van der Waals surface area (Å²) in [5.41, 5.74) is 2.42. The zero-order chi connectivity index (χ0) is 17.1. The Morgan fingerprint density at radius 1 is 1.12 bits per heavy atom. The highest BCUT2D eigenvalue weighted by Gasteiger charge is 2.24. The van der Waals surface area contributed by atoms with E-state index in [0.29, 0.717) is 12.3 Å². The molecule has 0 spiro atoms. The van der Waals surface area contributed by atoms with Crippen LogP contribution in [-0.2, 0) is 12.8 Å². The van der Waals surface area contributed by atoms with Crippen LogP contribution in [-0.4, -0.2) is 60.0 Å². The van der Waals surface area contributed by atoms with Crippen LogP contribution in [0.3, 0.4) is 0 Å². The number of carbonyl (C=O) groups is 1. The number of aromatic nitrogens is 2. The predicted octanol–water partition coefficient (Wildman–Crippen LogP) is 1.11. The van der Waals surface area contributed by atoms with E-state index in [1.54, 1.807) is 24.7 Å². The number of furan rings is 1. The minimum absolute atomic E-state index is 0.0300. The molecular weight excluding hydrogens is 318 g/mol. The van der Waals surface area contributed by atoms with E-state index in [0.717, 1.165) is 63.5 Å². The van der Waals surface area contributed by atoms with Gasteiger partial charge in [0.15, 0.2) is 5.76 Å². The molecule has 0 aliphatic carbocycles. The van der Waals surface area contributed by atoms with Crippen LogP contribution in [0.15, 0.2) is 29.1 Å². The molecule has 4 heterocycles. The Morgan fingerprint density at radius 2 is 2.04 bits per heavy atom. The van der Waals surface area contributed by atoms with Crippen molar-refractivity contribution in [1.82, 2.24) is 20.2 Å². The smallest absolute Gasteiger partial charge is 0.289 e. The summed E-state index contributed by atoms with van der Waals surface area (Å²) in [5.74, 6) is 1.42. The zero-order valence-corrected chi connectivity index (χ0v) is 14.3. The van der Waals surface area contributed by atoms with Crippen LogP contribution in [0.5, 0.6) is 0 Å². The maximum Gasteiger partial charge on any atom is 0.289 e. The lowest BCUT2D eigenvalue weighted by molar-refractivity contribution is 0.0735. The number of rotatable bonds is 2. The molecule has 0 radical (unpaired) electrons. The zero-order valence-electron chi connectivity index (χ0n) is 14.3. The summed E-state index contributed by atoms with van der Waals surface area (Å²) in [4.78, 5) is 25.8. The summed E-state index contributed by atoms with van der Waals surface area (Å²) in [6.45, 7) is 5.03. The molecule has 1 N–H and O–H groups in total. The Balaban J connectivity index is 1.51. The fraction of sp³-hybridized carbons (Fsp3) is 0.500. The lowest BCUT2D eigenvalue weighted by Gasteiger charge is -2.25. The van der Waals surface area contributed by atoms with E-state index in [1.807, 2.05) is 4.90 Å². The van der Waals surface area contributed by atoms with Crippen LogP contribution in [0.1, 0.15) is 28.2 Å². The third kappa shape index (κ3) is 3.37. The molecule has 132 valence electrons. The molecule has 1 fully saturated rings. The Kier molecular flexibility index (Phi) is 4.65. The average Bonchev–Trinajstić information content (AvgIpc) is 2.91. The monoisotopic (exact) mass is 341 g/mol. The van der Waals surface area contributed by atoms with Gasteiger partial charge in [0.1, 0.15) is 12.1 Å². The summed E-state index contributed by atoms with van der Waals surface area (Å²) in [7, 11) is 0. The van der Waals surface area contributed by atoms with Gasteiger partial charge in [0.05, 0.1) is 12.0 Å². The topological polar surface area (TPSA) is 74.5 Å². The summed E-state index contributed by atoms with van der Waals surface area (Å²) >= 11 is 0. The molecule has 7 nitrogen and oxygen atoms in total. The third-order valence-corrected chi connectivity index (χ3v) is 4.92. The van der Waals surface area contributed by atoms with Crippen molar-refractivity contribution >= 4 is 11.7 Å². The standard InChI is InChI=1S/C18H23N5O2/c24-18(16-3-1-12-25-16)23-9-2-8-22(10-11-23)17-14-4-6-19-7-5-15(14)20-13-21-17/h1,3,12-13,19H,2,4-11H2. The highest BCUT2D eigenvalue weighted by Crippen LogP contribution is 2.23. The first-order chi connectivity index (χ1) is 12.3. The average molecular weight is 341 g/mol. The minimum atomic E-state index is -0.0300. The van der Waals surface area contributed by atoms with Crippen molar-refractivity contribution in [1.29, 1.82) is 0 Å². The number of anilines is 1. The van der Waals surface area contributed by atoms with Gasteiger partial charge in [0.25, 0.3) is 5.91 Å². The fourth-order valence-electron chi connectivity index (χ4n) is 3.62. The van der Waals surface area contributed by atoms with Crippen molar-refractivity contribution in [2.75, 3.05) is 44.2 Å². The van der Waals surface area contributed by atoms with Gasteiger partial charge in [-0.2, -0.15) is 0 Å². The van der Waals surface area contributed by atoms with Crippen molar-refractivity contribution < 1.29 is 9.21 Å². The second-order valence-corrected chi connectivity index (χ2v) is 6.48. The molecule has 2 aromatic rings. The predicted molar refractivity (Wildman–Crippen MR) is 93.8 cm³/mol. The van der Waals surface area contributed by atoms with Crippen molar-refractivity contribution in [2.45, 2.75) is 19.3 Å². The molecule has 2 aliphatic rings. The van der Waals surface area contributed by atoms with E-state index >= 15 is 0 Å². The minimum Gasteiger partial charge on any atom is -0.459 e. The molecule has 1 amide bonds. The number of carbonyl (C=O) groups excluding carboxylic acids is 1. The highest BCUT2D eigenvalue weighted by molar-refractivity contribution is 5.91. The van der Waals surface area contributed by atoms with Crippen LogP contribution < -0.4 is 10.2 Å². The maximum atomic E-state index is 12.5. The van der Waals surface area contributed by atoms with E-state index in [9.17, 15) is 4.79 Å². The van der Waals surface area contributed by atoms with Gasteiger partial charge in [-0.3, -0.25) is 4.79 Å². The maximum absolute atomic E-state index is 12.5. The van der Waals surface area contributed by atoms with Crippen molar-refractivity contribution in [3.05, 3.63) is 41.7 Å². The molecular formula is C18H23N5O2. The quantitative estimate of drug-likeness (QED) is 0.882. The third-order valence-electron chi connectivity index (χ3n) is 4.92. The normalized spacial score (nSPS) is 18.4. The summed E-state index contributed by atoms with van der Waals surface area (Å²) < 4.78 is 5.26. The molecule has 2 aliphatic heterocycles. The molecule has 4 rings (SSSR count). The number of fused-ring (bicyclic) bond motifs is 1. The van der Waals surface area contributed by atoms with Crippen LogP contribution in [0.4, 0.5) is 5.82 Å². The largest absolute Gasteiger partial charge is 0.459 e. The van der Waals surface area contributed by atoms with Crippen molar-refractivity contribution in [2.24, 2.45) is 0 Å². The van der Waals surface area contributed by atoms with Gasteiger partial charge in [-0.15, -0.1) is 0 Å². The Hall–Kier alpha value is -2.41. The number of hydrogen-bond acceptors (Lipinski definition) is 6. The lowest BCUT2D eigenvalue weighted by atomic mass is 10.1. The highest BCUT2D eigenvalue weighted by atomic mass is 16.3. The molecule has 0 unspecified atom stereocenters. The van der Waals surface area contributed by atoms with E-state index < -0.39 is 0 Å². The number of nitrogens with one attached hydrogen (secondary N) is 1. The summed E-state index contributed by atoms with van der Waals surface area (Å²) in [5, 5.41) is 3.42. The van der Waals surface area contributed by atoms with E-state index in [-0.39, 0.29) is 5.91 Å². The lowest BCUT2D eigenvalue weighted by Crippen LogP contribution is -2.35. The SMILES string of the molecule is O=C(c1ccco1)N1CCCN(c2ncnc3c2CCNCC3)CC1. The molecule has 1 saturated heterocycles. The van der Waals surface area contributed by atoms with Crippen LogP contribution in [0.2, 0.25) is 0 Å².